The Bertz CT molecular complexity index is 311. The second-order valence-corrected chi connectivity index (χ2v) is 3.49. The van der Waals surface area contributed by atoms with Gasteiger partial charge in [0.2, 0.25) is 0 Å². The first-order valence-corrected chi connectivity index (χ1v) is 4.29. The minimum atomic E-state index is -4.86. The molecule has 0 N–H and O–H groups in total. The molecular formula is C7H5BCl2F3-. The van der Waals surface area contributed by atoms with E-state index in [0.717, 1.165) is 0 Å². The van der Waals surface area contributed by atoms with E-state index in [4.69, 9.17) is 23.2 Å². The van der Waals surface area contributed by atoms with E-state index in [1.807, 2.05) is 0 Å². The molecule has 1 rings (SSSR count). The number of hydrogen-bond donors (Lipinski definition) is 0. The average Bonchev–Trinajstić information content (AvgIpc) is 1.94. The van der Waals surface area contributed by atoms with Crippen LogP contribution in [0.1, 0.15) is 5.56 Å². The average molecular weight is 228 g/mol. The zero-order chi connectivity index (χ0) is 10.1. The van der Waals surface area contributed by atoms with Crippen LogP contribution in [0.15, 0.2) is 18.2 Å². The molecule has 0 aliphatic carbocycles. The maximum absolute atomic E-state index is 12.0. The predicted octanol–water partition coefficient (Wildman–Crippen LogP) is 3.92. The second-order valence-electron chi connectivity index (χ2n) is 2.65. The van der Waals surface area contributed by atoms with Gasteiger partial charge in [0.05, 0.1) is 0 Å². The Morgan fingerprint density at radius 3 is 2.31 bits per heavy atom. The van der Waals surface area contributed by atoms with Crippen LogP contribution in [-0.2, 0) is 6.32 Å². The topological polar surface area (TPSA) is 0 Å². The summed E-state index contributed by atoms with van der Waals surface area (Å²) in [4.78, 5) is 0. The molecule has 6 heteroatoms. The summed E-state index contributed by atoms with van der Waals surface area (Å²) >= 11 is 11.1. The number of benzene rings is 1. The second kappa shape index (κ2) is 3.80. The molecule has 0 spiro atoms. The van der Waals surface area contributed by atoms with Crippen molar-refractivity contribution in [2.75, 3.05) is 0 Å². The number of hydrogen-bond acceptors (Lipinski definition) is 0. The Labute approximate surface area is 83.7 Å². The molecule has 0 saturated carbocycles. The molecule has 1 aromatic rings. The van der Waals surface area contributed by atoms with Crippen LogP contribution in [0.5, 0.6) is 0 Å². The van der Waals surface area contributed by atoms with Gasteiger partial charge in [-0.05, 0) is 18.2 Å². The summed E-state index contributed by atoms with van der Waals surface area (Å²) in [6.07, 6.45) is -0.987. The van der Waals surface area contributed by atoms with E-state index in [-0.39, 0.29) is 15.6 Å². The van der Waals surface area contributed by atoms with Crippen LogP contribution in [0.3, 0.4) is 0 Å². The predicted molar refractivity (Wildman–Crippen MR) is 49.2 cm³/mol. The van der Waals surface area contributed by atoms with Gasteiger partial charge in [-0.25, -0.2) is 0 Å². The summed E-state index contributed by atoms with van der Waals surface area (Å²) in [7, 11) is 0. The highest BCUT2D eigenvalue weighted by Crippen LogP contribution is 2.25. The summed E-state index contributed by atoms with van der Waals surface area (Å²) < 4.78 is 36.0. The number of halogens is 5. The van der Waals surface area contributed by atoms with Crippen LogP contribution < -0.4 is 0 Å². The standard InChI is InChI=1S/C7H5BCl2F3/c9-6-1-2-7(10)5(3-6)4-8(11,12)13/h1-3H,4H2/q-1. The third-order valence-electron chi connectivity index (χ3n) is 1.46. The van der Waals surface area contributed by atoms with Crippen LogP contribution in [0.25, 0.3) is 0 Å². The van der Waals surface area contributed by atoms with Gasteiger partial charge >= 0.3 is 6.98 Å². The lowest BCUT2D eigenvalue weighted by Gasteiger charge is -2.14. The van der Waals surface area contributed by atoms with Gasteiger partial charge in [-0.1, -0.05) is 35.1 Å². The van der Waals surface area contributed by atoms with Crippen molar-refractivity contribution >= 4 is 30.2 Å². The molecule has 0 radical (unpaired) electrons. The van der Waals surface area contributed by atoms with E-state index < -0.39 is 13.3 Å². The quantitative estimate of drug-likeness (QED) is 0.672. The van der Waals surface area contributed by atoms with Crippen LogP contribution in [-0.4, -0.2) is 6.98 Å². The lowest BCUT2D eigenvalue weighted by atomic mass is 9.82. The van der Waals surface area contributed by atoms with E-state index in [1.54, 1.807) is 0 Å². The van der Waals surface area contributed by atoms with Crippen molar-refractivity contribution in [1.82, 2.24) is 0 Å². The first-order chi connectivity index (χ1) is 5.88. The Kier molecular flexibility index (Phi) is 3.14. The Morgan fingerprint density at radius 2 is 1.77 bits per heavy atom. The number of rotatable bonds is 2. The molecule has 0 amide bonds. The Hall–Kier alpha value is -0.345. The van der Waals surface area contributed by atoms with E-state index in [0.29, 0.717) is 0 Å². The fraction of sp³-hybridized carbons (Fsp3) is 0.143. The third kappa shape index (κ3) is 3.49. The van der Waals surface area contributed by atoms with Gasteiger partial charge in [0.15, 0.2) is 0 Å². The van der Waals surface area contributed by atoms with Crippen LogP contribution in [0.4, 0.5) is 12.9 Å². The molecule has 0 saturated heterocycles. The molecule has 0 aromatic heterocycles. The third-order valence-corrected chi connectivity index (χ3v) is 2.06. The maximum Gasteiger partial charge on any atom is 0.482 e. The van der Waals surface area contributed by atoms with Gasteiger partial charge < -0.3 is 12.9 Å². The summed E-state index contributed by atoms with van der Waals surface area (Å²) in [5.41, 5.74) is 0.0293. The fourth-order valence-electron chi connectivity index (χ4n) is 0.949. The van der Waals surface area contributed by atoms with Crippen molar-refractivity contribution in [2.24, 2.45) is 0 Å². The van der Waals surface area contributed by atoms with Crippen molar-refractivity contribution in [1.29, 1.82) is 0 Å². The van der Waals surface area contributed by atoms with E-state index in [9.17, 15) is 12.9 Å². The molecule has 0 nitrogen and oxygen atoms in total. The van der Waals surface area contributed by atoms with Gasteiger partial charge in [-0.2, -0.15) is 0 Å². The van der Waals surface area contributed by atoms with Gasteiger partial charge in [0.1, 0.15) is 0 Å². The smallest absolute Gasteiger partial charge is 0.449 e. The van der Waals surface area contributed by atoms with Gasteiger partial charge in [-0.3, -0.25) is 0 Å². The molecule has 13 heavy (non-hydrogen) atoms. The minimum absolute atomic E-state index is 0.0293. The maximum atomic E-state index is 12.0. The highest BCUT2D eigenvalue weighted by atomic mass is 35.5. The summed E-state index contributed by atoms with van der Waals surface area (Å²) in [5, 5.41) is 0.364. The molecule has 0 bridgehead atoms. The van der Waals surface area contributed by atoms with E-state index >= 15 is 0 Å². The Balaban J connectivity index is 2.94. The molecular weight excluding hydrogens is 223 g/mol. The molecule has 0 heterocycles. The minimum Gasteiger partial charge on any atom is -0.449 e. The van der Waals surface area contributed by atoms with Crippen LogP contribution in [0.2, 0.25) is 10.0 Å². The molecule has 1 aromatic carbocycles. The highest BCUT2D eigenvalue weighted by molar-refractivity contribution is 6.58. The van der Waals surface area contributed by atoms with Crippen LogP contribution >= 0.6 is 23.2 Å². The highest BCUT2D eigenvalue weighted by Gasteiger charge is 2.24. The van der Waals surface area contributed by atoms with Crippen molar-refractivity contribution in [3.05, 3.63) is 33.8 Å². The molecule has 0 atom stereocenters. The van der Waals surface area contributed by atoms with E-state index in [1.165, 1.54) is 18.2 Å². The lowest BCUT2D eigenvalue weighted by molar-refractivity contribution is 0.468. The normalized spacial score (nSPS) is 11.8. The van der Waals surface area contributed by atoms with Crippen LogP contribution in [0, 0.1) is 0 Å². The fourth-order valence-corrected chi connectivity index (χ4v) is 1.34. The zero-order valence-electron chi connectivity index (χ0n) is 6.41. The first-order valence-electron chi connectivity index (χ1n) is 3.53. The largest absolute Gasteiger partial charge is 0.482 e. The van der Waals surface area contributed by atoms with Crippen molar-refractivity contribution < 1.29 is 12.9 Å². The molecule has 0 fully saturated rings. The summed E-state index contributed by atoms with van der Waals surface area (Å²) in [5.74, 6) is 0. The van der Waals surface area contributed by atoms with Crippen molar-refractivity contribution in [3.63, 3.8) is 0 Å². The molecule has 0 aliphatic rings. The summed E-state index contributed by atoms with van der Waals surface area (Å²) in [6.45, 7) is -4.86. The Morgan fingerprint density at radius 1 is 1.15 bits per heavy atom. The monoisotopic (exact) mass is 227 g/mol. The summed E-state index contributed by atoms with van der Waals surface area (Å²) in [6, 6.07) is 4.05. The molecule has 0 unspecified atom stereocenters. The molecule has 72 valence electrons. The van der Waals surface area contributed by atoms with E-state index in [2.05, 4.69) is 0 Å². The SMILES string of the molecule is F[B-](F)(F)Cc1cc(Cl)ccc1Cl. The van der Waals surface area contributed by atoms with Gasteiger partial charge in [0.25, 0.3) is 0 Å². The van der Waals surface area contributed by atoms with Crippen molar-refractivity contribution in [2.45, 2.75) is 6.32 Å². The lowest BCUT2D eigenvalue weighted by Crippen LogP contribution is -2.19. The first kappa shape index (κ1) is 10.7. The van der Waals surface area contributed by atoms with Crippen molar-refractivity contribution in [3.8, 4) is 0 Å². The van der Waals surface area contributed by atoms with Gasteiger partial charge in [0, 0.05) is 10.0 Å². The van der Waals surface area contributed by atoms with Gasteiger partial charge in [-0.15, -0.1) is 0 Å². The zero-order valence-corrected chi connectivity index (χ0v) is 7.92. The molecule has 0 aliphatic heterocycles.